The summed E-state index contributed by atoms with van der Waals surface area (Å²) in [6, 6.07) is 5.86. The van der Waals surface area contributed by atoms with Crippen LogP contribution in [0.3, 0.4) is 0 Å². The Morgan fingerprint density at radius 3 is 2.78 bits per heavy atom. The van der Waals surface area contributed by atoms with Gasteiger partial charge in [0.1, 0.15) is 5.82 Å². The monoisotopic (exact) mass is 265 g/mol. The molecule has 0 spiro atoms. The van der Waals surface area contributed by atoms with Crippen LogP contribution in [0.4, 0.5) is 10.1 Å². The Hall–Kier alpha value is -1.88. The third kappa shape index (κ3) is 2.68. The highest BCUT2D eigenvalue weighted by Crippen LogP contribution is 2.20. The van der Waals surface area contributed by atoms with E-state index in [9.17, 15) is 9.18 Å². The van der Waals surface area contributed by atoms with Crippen LogP contribution in [0, 0.1) is 12.7 Å². The first-order valence-electron chi connectivity index (χ1n) is 5.37. The van der Waals surface area contributed by atoms with Crippen molar-refractivity contribution in [3.05, 3.63) is 51.5 Å². The second-order valence-electron chi connectivity index (χ2n) is 3.88. The number of thiophene rings is 1. The van der Waals surface area contributed by atoms with Gasteiger partial charge in [-0.25, -0.2) is 9.18 Å². The fourth-order valence-corrected chi connectivity index (χ4v) is 2.40. The molecule has 0 aliphatic rings. The van der Waals surface area contributed by atoms with Gasteiger partial charge in [-0.2, -0.15) is 0 Å². The second kappa shape index (κ2) is 5.18. The molecular formula is C13H12FNO2S. The topological polar surface area (TPSA) is 49.3 Å². The van der Waals surface area contributed by atoms with Crippen molar-refractivity contribution in [1.82, 2.24) is 0 Å². The molecule has 5 heteroatoms. The van der Waals surface area contributed by atoms with Crippen LogP contribution >= 0.6 is 11.3 Å². The molecule has 18 heavy (non-hydrogen) atoms. The average Bonchev–Trinajstić information content (AvgIpc) is 2.73. The number of rotatable bonds is 4. The van der Waals surface area contributed by atoms with Crippen LogP contribution in [-0.4, -0.2) is 11.1 Å². The Morgan fingerprint density at radius 1 is 1.44 bits per heavy atom. The van der Waals surface area contributed by atoms with Gasteiger partial charge >= 0.3 is 5.97 Å². The van der Waals surface area contributed by atoms with Crippen LogP contribution < -0.4 is 5.32 Å². The fourth-order valence-electron chi connectivity index (χ4n) is 1.55. The van der Waals surface area contributed by atoms with Crippen molar-refractivity contribution in [2.75, 3.05) is 5.32 Å². The van der Waals surface area contributed by atoms with Crippen molar-refractivity contribution in [2.45, 2.75) is 13.5 Å². The lowest BCUT2D eigenvalue weighted by Crippen LogP contribution is -2.03. The molecule has 1 aromatic carbocycles. The molecule has 1 aromatic heterocycles. The maximum atomic E-state index is 13.6. The minimum atomic E-state index is -1.13. The van der Waals surface area contributed by atoms with E-state index in [0.29, 0.717) is 12.2 Å². The second-order valence-corrected chi connectivity index (χ2v) is 4.88. The van der Waals surface area contributed by atoms with Crippen LogP contribution in [0.2, 0.25) is 0 Å². The number of carboxylic acid groups (broad SMARTS) is 1. The van der Waals surface area contributed by atoms with Crippen LogP contribution in [0.1, 0.15) is 20.8 Å². The fraction of sp³-hybridized carbons (Fsp3) is 0.154. The van der Waals surface area contributed by atoms with Gasteiger partial charge in [-0.3, -0.25) is 0 Å². The average molecular weight is 265 g/mol. The summed E-state index contributed by atoms with van der Waals surface area (Å²) in [6.07, 6.45) is 0. The van der Waals surface area contributed by atoms with E-state index in [0.717, 1.165) is 16.5 Å². The standard InChI is InChI=1S/C13H12FNO2S/c1-8-4-5-18-12(8)7-15-11-3-2-9(13(16)17)6-10(11)14/h2-6,15H,7H2,1H3,(H,16,17). The van der Waals surface area contributed by atoms with Gasteiger partial charge in [0.25, 0.3) is 0 Å². The zero-order chi connectivity index (χ0) is 13.1. The predicted molar refractivity (Wildman–Crippen MR) is 69.7 cm³/mol. The van der Waals surface area contributed by atoms with Crippen molar-refractivity contribution in [1.29, 1.82) is 0 Å². The molecule has 1 heterocycles. The molecule has 0 amide bonds. The Bertz CT molecular complexity index is 580. The van der Waals surface area contributed by atoms with E-state index in [4.69, 9.17) is 5.11 Å². The molecule has 0 aliphatic heterocycles. The molecule has 0 bridgehead atoms. The molecule has 94 valence electrons. The van der Waals surface area contributed by atoms with Gasteiger partial charge in [-0.1, -0.05) is 0 Å². The molecule has 0 radical (unpaired) electrons. The third-order valence-corrected chi connectivity index (χ3v) is 3.65. The Balaban J connectivity index is 2.11. The highest BCUT2D eigenvalue weighted by atomic mass is 32.1. The number of hydrogen-bond donors (Lipinski definition) is 2. The number of aromatic carboxylic acids is 1. The zero-order valence-corrected chi connectivity index (χ0v) is 10.6. The summed E-state index contributed by atoms with van der Waals surface area (Å²) in [4.78, 5) is 11.8. The van der Waals surface area contributed by atoms with Crippen molar-refractivity contribution in [3.8, 4) is 0 Å². The van der Waals surface area contributed by atoms with Crippen molar-refractivity contribution >= 4 is 23.0 Å². The molecule has 2 aromatic rings. The number of halogens is 1. The molecule has 0 saturated carbocycles. The summed E-state index contributed by atoms with van der Waals surface area (Å²) in [5.41, 5.74) is 1.42. The molecule has 0 fully saturated rings. The number of carbonyl (C=O) groups is 1. The van der Waals surface area contributed by atoms with Crippen LogP contribution in [0.15, 0.2) is 29.6 Å². The predicted octanol–water partition coefficient (Wildman–Crippen LogP) is 3.51. The quantitative estimate of drug-likeness (QED) is 0.889. The van der Waals surface area contributed by atoms with E-state index in [2.05, 4.69) is 5.32 Å². The van der Waals surface area contributed by atoms with Crippen LogP contribution in [0.5, 0.6) is 0 Å². The molecule has 0 aliphatic carbocycles. The normalized spacial score (nSPS) is 10.3. The van der Waals surface area contributed by atoms with E-state index in [-0.39, 0.29) is 5.56 Å². The lowest BCUT2D eigenvalue weighted by Gasteiger charge is -2.07. The summed E-state index contributed by atoms with van der Waals surface area (Å²) in [6.45, 7) is 2.53. The maximum absolute atomic E-state index is 13.6. The zero-order valence-electron chi connectivity index (χ0n) is 9.74. The Morgan fingerprint density at radius 2 is 2.22 bits per heavy atom. The highest BCUT2D eigenvalue weighted by Gasteiger charge is 2.08. The largest absolute Gasteiger partial charge is 0.478 e. The summed E-state index contributed by atoms with van der Waals surface area (Å²) in [5, 5.41) is 13.7. The van der Waals surface area contributed by atoms with Crippen LogP contribution in [0.25, 0.3) is 0 Å². The molecule has 2 N–H and O–H groups in total. The van der Waals surface area contributed by atoms with Gasteiger partial charge in [0.05, 0.1) is 11.3 Å². The SMILES string of the molecule is Cc1ccsc1CNc1ccc(C(=O)O)cc1F. The van der Waals surface area contributed by atoms with E-state index in [1.54, 1.807) is 11.3 Å². The first-order chi connectivity index (χ1) is 8.58. The first kappa shape index (κ1) is 12.6. The molecule has 2 rings (SSSR count). The lowest BCUT2D eigenvalue weighted by atomic mass is 10.2. The minimum absolute atomic E-state index is 0.0506. The van der Waals surface area contributed by atoms with Crippen molar-refractivity contribution in [2.24, 2.45) is 0 Å². The Labute approximate surface area is 108 Å². The number of carboxylic acids is 1. The van der Waals surface area contributed by atoms with Gasteiger partial charge in [0.15, 0.2) is 0 Å². The highest BCUT2D eigenvalue weighted by molar-refractivity contribution is 7.10. The Kier molecular flexibility index (Phi) is 3.62. The summed E-state index contributed by atoms with van der Waals surface area (Å²) in [7, 11) is 0. The van der Waals surface area contributed by atoms with Crippen molar-refractivity contribution < 1.29 is 14.3 Å². The molecule has 3 nitrogen and oxygen atoms in total. The lowest BCUT2D eigenvalue weighted by molar-refractivity contribution is 0.0696. The summed E-state index contributed by atoms with van der Waals surface area (Å²) >= 11 is 1.60. The van der Waals surface area contributed by atoms with Crippen LogP contribution in [-0.2, 0) is 6.54 Å². The van der Waals surface area contributed by atoms with Gasteiger partial charge in [-0.15, -0.1) is 11.3 Å². The first-order valence-corrected chi connectivity index (χ1v) is 6.25. The number of anilines is 1. The minimum Gasteiger partial charge on any atom is -0.478 e. The van der Waals surface area contributed by atoms with E-state index in [1.807, 2.05) is 18.4 Å². The number of benzene rings is 1. The van der Waals surface area contributed by atoms with Crippen molar-refractivity contribution in [3.63, 3.8) is 0 Å². The van der Waals surface area contributed by atoms with E-state index < -0.39 is 11.8 Å². The van der Waals surface area contributed by atoms with Gasteiger partial charge in [0, 0.05) is 11.4 Å². The third-order valence-electron chi connectivity index (χ3n) is 2.62. The smallest absolute Gasteiger partial charge is 0.335 e. The van der Waals surface area contributed by atoms with Gasteiger partial charge < -0.3 is 10.4 Å². The maximum Gasteiger partial charge on any atom is 0.335 e. The number of nitrogens with one attached hydrogen (secondary N) is 1. The molecule has 0 unspecified atom stereocenters. The summed E-state index contributed by atoms with van der Waals surface area (Å²) in [5.74, 6) is -1.68. The summed E-state index contributed by atoms with van der Waals surface area (Å²) < 4.78 is 13.6. The molecule has 0 atom stereocenters. The number of aryl methyl sites for hydroxylation is 1. The molecular weight excluding hydrogens is 253 g/mol. The molecule has 0 saturated heterocycles. The van der Waals surface area contributed by atoms with E-state index >= 15 is 0 Å². The van der Waals surface area contributed by atoms with Gasteiger partial charge in [0.2, 0.25) is 0 Å². The number of hydrogen-bond acceptors (Lipinski definition) is 3. The van der Waals surface area contributed by atoms with Gasteiger partial charge in [-0.05, 0) is 42.1 Å². The van der Waals surface area contributed by atoms with E-state index in [1.165, 1.54) is 12.1 Å².